The fourth-order valence-corrected chi connectivity index (χ4v) is 3.70. The van der Waals surface area contributed by atoms with Gasteiger partial charge in [0.1, 0.15) is 0 Å². The Labute approximate surface area is 162 Å². The van der Waals surface area contributed by atoms with Gasteiger partial charge in [0.2, 0.25) is 0 Å². The van der Waals surface area contributed by atoms with Crippen LogP contribution < -0.4 is 10.6 Å². The Balaban J connectivity index is 1.31. The van der Waals surface area contributed by atoms with Crippen LogP contribution in [0.2, 0.25) is 0 Å². The molecule has 1 aliphatic heterocycles. The van der Waals surface area contributed by atoms with E-state index in [2.05, 4.69) is 36.8 Å². The molecule has 0 spiro atoms. The van der Waals surface area contributed by atoms with E-state index in [0.29, 0.717) is 23.2 Å². The molecule has 2 aliphatic carbocycles. The molecular weight excluding hydrogens is 358 g/mol. The van der Waals surface area contributed by atoms with Crippen LogP contribution in [0.3, 0.4) is 0 Å². The summed E-state index contributed by atoms with van der Waals surface area (Å²) < 4.78 is 5.43. The topological polar surface area (TPSA) is 111 Å². The summed E-state index contributed by atoms with van der Waals surface area (Å²) in [6.45, 7) is 4.58. The van der Waals surface area contributed by atoms with E-state index in [1.165, 1.54) is 5.57 Å². The highest BCUT2D eigenvalue weighted by molar-refractivity contribution is 5.93. The number of nitrogens with one attached hydrogen (secondary N) is 4. The fourth-order valence-electron chi connectivity index (χ4n) is 3.70. The van der Waals surface area contributed by atoms with Crippen molar-refractivity contribution in [2.75, 3.05) is 38.2 Å². The highest BCUT2D eigenvalue weighted by Gasteiger charge is 2.25. The van der Waals surface area contributed by atoms with Crippen molar-refractivity contribution in [2.45, 2.75) is 31.7 Å². The van der Waals surface area contributed by atoms with Gasteiger partial charge in [-0.1, -0.05) is 5.57 Å². The monoisotopic (exact) mass is 383 g/mol. The molecule has 2 fully saturated rings. The Hall–Kier alpha value is -2.65. The number of amides is 2. The molecular formula is C19H25N7O2. The number of hydrogen-bond donors (Lipinski definition) is 4. The lowest BCUT2D eigenvalue weighted by Crippen LogP contribution is -2.37. The normalized spacial score (nSPS) is 19.8. The number of carbonyl (C=O) groups excluding carboxylic acids is 1. The summed E-state index contributed by atoms with van der Waals surface area (Å²) >= 11 is 0. The standard InChI is InChI=1S/C19H25N7O2/c27-19(21-13-2-3-13)24-16-10-20-25-17(16)18-22-14-4-1-12(9-15(14)23-18)11-26-5-7-28-8-6-26/h9-10,13H,1-8,11H2,(H,20,25)(H,22,23)(H2,21,24,27). The van der Waals surface area contributed by atoms with E-state index in [9.17, 15) is 4.79 Å². The van der Waals surface area contributed by atoms with E-state index in [1.54, 1.807) is 6.20 Å². The van der Waals surface area contributed by atoms with E-state index in [-0.39, 0.29) is 6.03 Å². The number of fused-ring (bicyclic) bond motifs is 1. The molecule has 4 N–H and O–H groups in total. The highest BCUT2D eigenvalue weighted by atomic mass is 16.5. The second-order valence-electron chi connectivity index (χ2n) is 7.66. The quantitative estimate of drug-likeness (QED) is 0.629. The summed E-state index contributed by atoms with van der Waals surface area (Å²) in [5.74, 6) is 0.678. The first-order valence-electron chi connectivity index (χ1n) is 9.95. The number of aromatic nitrogens is 4. The number of carbonyl (C=O) groups is 1. The number of anilines is 1. The molecule has 3 heterocycles. The minimum absolute atomic E-state index is 0.200. The third-order valence-electron chi connectivity index (χ3n) is 5.40. The number of urea groups is 1. The molecule has 0 unspecified atom stereocenters. The van der Waals surface area contributed by atoms with Crippen molar-refractivity contribution in [2.24, 2.45) is 0 Å². The predicted octanol–water partition coefficient (Wildman–Crippen LogP) is 1.75. The molecule has 0 bridgehead atoms. The lowest BCUT2D eigenvalue weighted by molar-refractivity contribution is 0.0420. The van der Waals surface area contributed by atoms with Gasteiger partial charge >= 0.3 is 6.03 Å². The van der Waals surface area contributed by atoms with Gasteiger partial charge in [-0.15, -0.1) is 0 Å². The average molecular weight is 383 g/mol. The van der Waals surface area contributed by atoms with Crippen LogP contribution >= 0.6 is 0 Å². The van der Waals surface area contributed by atoms with Crippen LogP contribution in [0.15, 0.2) is 11.8 Å². The predicted molar refractivity (Wildman–Crippen MR) is 105 cm³/mol. The van der Waals surface area contributed by atoms with Crippen molar-refractivity contribution in [3.63, 3.8) is 0 Å². The number of morpholine rings is 1. The van der Waals surface area contributed by atoms with Gasteiger partial charge < -0.3 is 20.4 Å². The number of imidazole rings is 1. The second-order valence-corrected chi connectivity index (χ2v) is 7.66. The first kappa shape index (κ1) is 17.4. The smallest absolute Gasteiger partial charge is 0.319 e. The van der Waals surface area contributed by atoms with Gasteiger partial charge in [-0.2, -0.15) is 5.10 Å². The van der Waals surface area contributed by atoms with Crippen LogP contribution in [-0.4, -0.2) is 70.0 Å². The maximum absolute atomic E-state index is 12.1. The molecule has 28 heavy (non-hydrogen) atoms. The van der Waals surface area contributed by atoms with Gasteiger partial charge in [0.15, 0.2) is 11.5 Å². The number of hydrogen-bond acceptors (Lipinski definition) is 5. The molecule has 9 nitrogen and oxygen atoms in total. The molecule has 2 aromatic rings. The number of nitrogens with zero attached hydrogens (tertiary/aromatic N) is 3. The van der Waals surface area contributed by atoms with Crippen LogP contribution in [0.5, 0.6) is 0 Å². The molecule has 0 aromatic carbocycles. The first-order chi connectivity index (χ1) is 13.7. The molecule has 1 saturated heterocycles. The Kier molecular flexibility index (Phi) is 4.61. The van der Waals surface area contributed by atoms with Gasteiger partial charge in [0.25, 0.3) is 0 Å². The van der Waals surface area contributed by atoms with E-state index in [0.717, 1.165) is 69.9 Å². The minimum atomic E-state index is -0.200. The maximum Gasteiger partial charge on any atom is 0.319 e. The van der Waals surface area contributed by atoms with Crippen LogP contribution in [0.25, 0.3) is 17.6 Å². The van der Waals surface area contributed by atoms with Gasteiger partial charge in [-0.25, -0.2) is 9.78 Å². The molecule has 148 valence electrons. The number of H-pyrrole nitrogens is 2. The van der Waals surface area contributed by atoms with Gasteiger partial charge in [0, 0.05) is 37.6 Å². The molecule has 3 aliphatic rings. The Morgan fingerprint density at radius 2 is 2.14 bits per heavy atom. The first-order valence-corrected chi connectivity index (χ1v) is 9.95. The summed E-state index contributed by atoms with van der Waals surface area (Å²) in [5, 5.41) is 12.9. The average Bonchev–Trinajstić information content (AvgIpc) is 3.22. The Morgan fingerprint density at radius 3 is 2.96 bits per heavy atom. The number of aromatic amines is 2. The van der Waals surface area contributed by atoms with Crippen molar-refractivity contribution in [3.05, 3.63) is 23.2 Å². The number of rotatable bonds is 5. The largest absolute Gasteiger partial charge is 0.379 e. The minimum Gasteiger partial charge on any atom is -0.379 e. The van der Waals surface area contributed by atoms with Crippen LogP contribution in [0, 0.1) is 0 Å². The third-order valence-corrected chi connectivity index (χ3v) is 5.40. The van der Waals surface area contributed by atoms with Crippen molar-refractivity contribution in [3.8, 4) is 11.5 Å². The van der Waals surface area contributed by atoms with Crippen LogP contribution in [0.1, 0.15) is 30.7 Å². The Bertz CT molecular complexity index is 890. The van der Waals surface area contributed by atoms with Crippen LogP contribution in [-0.2, 0) is 11.2 Å². The second kappa shape index (κ2) is 7.40. The molecule has 1 saturated carbocycles. The lowest BCUT2D eigenvalue weighted by atomic mass is 9.99. The highest BCUT2D eigenvalue weighted by Crippen LogP contribution is 2.29. The van der Waals surface area contributed by atoms with E-state index < -0.39 is 0 Å². The fraction of sp³-hybridized carbons (Fsp3) is 0.526. The molecule has 2 aromatic heterocycles. The van der Waals surface area contributed by atoms with Crippen molar-refractivity contribution < 1.29 is 9.53 Å². The molecule has 5 rings (SSSR count). The van der Waals surface area contributed by atoms with Gasteiger partial charge in [-0.3, -0.25) is 10.00 Å². The summed E-state index contributed by atoms with van der Waals surface area (Å²) in [6.07, 6.45) is 7.94. The number of aryl methyl sites for hydroxylation is 1. The zero-order valence-corrected chi connectivity index (χ0v) is 15.8. The lowest BCUT2D eigenvalue weighted by Gasteiger charge is -2.28. The summed E-state index contributed by atoms with van der Waals surface area (Å²) in [7, 11) is 0. The zero-order valence-electron chi connectivity index (χ0n) is 15.8. The van der Waals surface area contributed by atoms with E-state index in [1.807, 2.05) is 0 Å². The van der Waals surface area contributed by atoms with Gasteiger partial charge in [0.05, 0.1) is 24.6 Å². The van der Waals surface area contributed by atoms with Crippen molar-refractivity contribution in [1.82, 2.24) is 30.4 Å². The van der Waals surface area contributed by atoms with Crippen molar-refractivity contribution in [1.29, 1.82) is 0 Å². The number of ether oxygens (including phenoxy) is 1. The zero-order chi connectivity index (χ0) is 18.9. The summed E-state index contributed by atoms with van der Waals surface area (Å²) in [4.78, 5) is 22.6. The van der Waals surface area contributed by atoms with Gasteiger partial charge in [-0.05, 0) is 31.8 Å². The summed E-state index contributed by atoms with van der Waals surface area (Å²) in [6, 6.07) is 0.107. The SMILES string of the molecule is O=C(Nc1c[nH]nc1-c1nc2c([nH]1)CCC(CN1CCOCC1)=C2)NC1CC1. The van der Waals surface area contributed by atoms with E-state index >= 15 is 0 Å². The molecule has 2 amide bonds. The molecule has 9 heteroatoms. The maximum atomic E-state index is 12.1. The molecule has 0 atom stereocenters. The van der Waals surface area contributed by atoms with Crippen LogP contribution in [0.4, 0.5) is 10.5 Å². The van der Waals surface area contributed by atoms with E-state index in [4.69, 9.17) is 9.72 Å². The summed E-state index contributed by atoms with van der Waals surface area (Å²) in [5.41, 5.74) is 4.75. The third kappa shape index (κ3) is 3.81. The Morgan fingerprint density at radius 1 is 1.29 bits per heavy atom. The molecule has 0 radical (unpaired) electrons. The van der Waals surface area contributed by atoms with Crippen molar-refractivity contribution >= 4 is 17.8 Å².